The van der Waals surface area contributed by atoms with Crippen LogP contribution in [0.15, 0.2) is 0 Å². The van der Waals surface area contributed by atoms with Gasteiger partial charge in [0, 0.05) is 12.4 Å². The standard InChI is InChI=1S/C7H15NO3.Cr/c1-8(2,3)5-6(9)4-7(10)11;/h6,9H,4-5H2,1-3H3;/q;+3. The summed E-state index contributed by atoms with van der Waals surface area (Å²) in [4.78, 5) is 10.0. The molecule has 69 valence electrons. The van der Waals surface area contributed by atoms with Crippen molar-refractivity contribution in [2.75, 3.05) is 27.7 Å². The minimum absolute atomic E-state index is 0. The van der Waals surface area contributed by atoms with Crippen molar-refractivity contribution in [3.05, 3.63) is 0 Å². The average molecular weight is 213 g/mol. The van der Waals surface area contributed by atoms with Crippen LogP contribution >= 0.6 is 0 Å². The van der Waals surface area contributed by atoms with Gasteiger partial charge in [-0.3, -0.25) is 0 Å². The van der Waals surface area contributed by atoms with Gasteiger partial charge in [0.25, 0.3) is 0 Å². The van der Waals surface area contributed by atoms with Gasteiger partial charge in [0.2, 0.25) is 0 Å². The molecule has 1 atom stereocenters. The molecule has 0 rings (SSSR count). The smallest absolute Gasteiger partial charge is 0.550 e. The number of hydrogen-bond donors (Lipinski definition) is 1. The molecule has 0 aromatic carbocycles. The fraction of sp³-hybridized carbons (Fsp3) is 0.857. The zero-order valence-corrected chi connectivity index (χ0v) is 8.89. The Morgan fingerprint density at radius 1 is 1.50 bits per heavy atom. The van der Waals surface area contributed by atoms with Crippen LogP contribution in [0.1, 0.15) is 6.42 Å². The Morgan fingerprint density at radius 3 is 2.17 bits per heavy atom. The van der Waals surface area contributed by atoms with Gasteiger partial charge >= 0.3 is 17.4 Å². The van der Waals surface area contributed by atoms with E-state index >= 15 is 0 Å². The van der Waals surface area contributed by atoms with E-state index in [2.05, 4.69) is 0 Å². The predicted molar refractivity (Wildman–Crippen MR) is 38.5 cm³/mol. The van der Waals surface area contributed by atoms with Gasteiger partial charge in [-0.25, -0.2) is 0 Å². The van der Waals surface area contributed by atoms with E-state index in [1.165, 1.54) is 0 Å². The van der Waals surface area contributed by atoms with Crippen molar-refractivity contribution in [1.29, 1.82) is 0 Å². The van der Waals surface area contributed by atoms with Gasteiger partial charge in [0.1, 0.15) is 12.6 Å². The molecule has 0 spiro atoms. The maximum atomic E-state index is 10.0. The molecular weight excluding hydrogens is 198 g/mol. The van der Waals surface area contributed by atoms with Gasteiger partial charge in [0.15, 0.2) is 0 Å². The van der Waals surface area contributed by atoms with Crippen molar-refractivity contribution < 1.29 is 36.9 Å². The van der Waals surface area contributed by atoms with Crippen LogP contribution in [0.25, 0.3) is 0 Å². The molecule has 1 unspecified atom stereocenters. The van der Waals surface area contributed by atoms with Crippen LogP contribution in [-0.2, 0) is 22.2 Å². The SMILES string of the molecule is C[N+](C)(C)CC(O)CC(=O)[O-].[Cr+3]. The van der Waals surface area contributed by atoms with Crippen LogP contribution in [0.2, 0.25) is 0 Å². The molecule has 12 heavy (non-hydrogen) atoms. The second-order valence-electron chi connectivity index (χ2n) is 3.70. The maximum Gasteiger partial charge on any atom is 3.00 e. The summed E-state index contributed by atoms with van der Waals surface area (Å²) in [7, 11) is 5.66. The summed E-state index contributed by atoms with van der Waals surface area (Å²) in [6.07, 6.45) is -1.09. The van der Waals surface area contributed by atoms with E-state index in [0.717, 1.165) is 0 Å². The third-order valence-corrected chi connectivity index (χ3v) is 1.16. The summed E-state index contributed by atoms with van der Waals surface area (Å²) in [5.41, 5.74) is 0. The molecule has 0 amide bonds. The molecule has 0 aliphatic heterocycles. The quantitative estimate of drug-likeness (QED) is 0.560. The minimum atomic E-state index is -1.20. The average Bonchev–Trinajstić information content (AvgIpc) is 1.53. The summed E-state index contributed by atoms with van der Waals surface area (Å²) in [6.45, 7) is 0.425. The summed E-state index contributed by atoms with van der Waals surface area (Å²) in [5, 5.41) is 19.1. The van der Waals surface area contributed by atoms with Crippen LogP contribution in [0.4, 0.5) is 0 Å². The Bertz CT molecular complexity index is 144. The van der Waals surface area contributed by atoms with Gasteiger partial charge in [-0.15, -0.1) is 0 Å². The Morgan fingerprint density at radius 2 is 1.92 bits per heavy atom. The largest absolute Gasteiger partial charge is 3.00 e. The van der Waals surface area contributed by atoms with Gasteiger partial charge in [-0.05, 0) is 0 Å². The zero-order chi connectivity index (χ0) is 9.07. The molecule has 0 aromatic heterocycles. The van der Waals surface area contributed by atoms with E-state index in [1.54, 1.807) is 0 Å². The Kier molecular flexibility index (Phi) is 6.68. The first kappa shape index (κ1) is 14.4. The van der Waals surface area contributed by atoms with Crippen LogP contribution in [0.5, 0.6) is 0 Å². The number of carbonyl (C=O) groups is 1. The molecule has 0 saturated carbocycles. The molecule has 0 fully saturated rings. The molecule has 0 heterocycles. The number of carboxylic acid groups (broad SMARTS) is 1. The summed E-state index contributed by atoms with van der Waals surface area (Å²) in [6, 6.07) is 0. The number of aliphatic hydroxyl groups excluding tert-OH is 1. The Hall–Kier alpha value is -0.0775. The number of carbonyl (C=O) groups excluding carboxylic acids is 1. The van der Waals surface area contributed by atoms with E-state index in [9.17, 15) is 9.90 Å². The van der Waals surface area contributed by atoms with Crippen LogP contribution in [-0.4, -0.2) is 49.4 Å². The van der Waals surface area contributed by atoms with Gasteiger partial charge < -0.3 is 19.5 Å². The Balaban J connectivity index is 0. The normalized spacial score (nSPS) is 13.3. The van der Waals surface area contributed by atoms with Crippen LogP contribution < -0.4 is 5.11 Å². The van der Waals surface area contributed by atoms with Crippen LogP contribution in [0, 0.1) is 0 Å². The van der Waals surface area contributed by atoms with E-state index in [1.807, 2.05) is 21.1 Å². The maximum absolute atomic E-state index is 10.0. The topological polar surface area (TPSA) is 60.4 Å². The number of likely N-dealkylation sites (N-methyl/N-ethyl adjacent to an activating group) is 1. The van der Waals surface area contributed by atoms with Crippen LogP contribution in [0.3, 0.4) is 0 Å². The van der Waals surface area contributed by atoms with Crippen molar-refractivity contribution in [3.8, 4) is 0 Å². The molecule has 5 heteroatoms. The zero-order valence-electron chi connectivity index (χ0n) is 7.61. The van der Waals surface area contributed by atoms with E-state index < -0.39 is 12.1 Å². The number of aliphatic hydroxyl groups is 1. The van der Waals surface area contributed by atoms with Gasteiger partial charge in [-0.2, -0.15) is 0 Å². The van der Waals surface area contributed by atoms with E-state index in [-0.39, 0.29) is 23.8 Å². The number of quaternary nitrogens is 1. The molecule has 4 nitrogen and oxygen atoms in total. The number of hydrogen-bond acceptors (Lipinski definition) is 3. The molecular formula is C7H15CrNO3+3. The molecule has 0 aliphatic carbocycles. The van der Waals surface area contributed by atoms with Gasteiger partial charge in [0.05, 0.1) is 21.1 Å². The summed E-state index contributed by atoms with van der Waals surface area (Å²) < 4.78 is 0.550. The third kappa shape index (κ3) is 9.92. The fourth-order valence-electron chi connectivity index (χ4n) is 0.889. The van der Waals surface area contributed by atoms with E-state index in [0.29, 0.717) is 11.0 Å². The molecule has 0 saturated heterocycles. The first-order valence-electron chi connectivity index (χ1n) is 3.49. The molecule has 0 aliphatic rings. The number of aliphatic carboxylic acids is 1. The second kappa shape index (κ2) is 5.55. The van der Waals surface area contributed by atoms with Crippen molar-refractivity contribution in [3.63, 3.8) is 0 Å². The molecule has 0 aromatic rings. The second-order valence-corrected chi connectivity index (χ2v) is 3.70. The summed E-state index contributed by atoms with van der Waals surface area (Å²) in [5.74, 6) is -1.20. The fourth-order valence-corrected chi connectivity index (χ4v) is 0.889. The number of nitrogens with zero attached hydrogens (tertiary/aromatic N) is 1. The first-order valence-corrected chi connectivity index (χ1v) is 3.49. The van der Waals surface area contributed by atoms with Crippen molar-refractivity contribution in [2.24, 2.45) is 0 Å². The minimum Gasteiger partial charge on any atom is -0.550 e. The van der Waals surface area contributed by atoms with E-state index in [4.69, 9.17) is 5.11 Å². The van der Waals surface area contributed by atoms with Crippen molar-refractivity contribution in [1.82, 2.24) is 0 Å². The van der Waals surface area contributed by atoms with Gasteiger partial charge in [-0.1, -0.05) is 0 Å². The monoisotopic (exact) mass is 213 g/mol. The molecule has 0 bridgehead atoms. The van der Waals surface area contributed by atoms with Crippen molar-refractivity contribution >= 4 is 5.97 Å². The molecule has 1 radical (unpaired) electrons. The summed E-state index contributed by atoms with van der Waals surface area (Å²) >= 11 is 0. The number of rotatable bonds is 4. The third-order valence-electron chi connectivity index (χ3n) is 1.16. The predicted octanol–water partition coefficient (Wildman–Crippen LogP) is -1.81. The Labute approximate surface area is 83.5 Å². The first-order chi connectivity index (χ1) is 4.81. The molecule has 1 N–H and O–H groups in total. The van der Waals surface area contributed by atoms with Crippen molar-refractivity contribution in [2.45, 2.75) is 12.5 Å². The number of carboxylic acids is 1.